The number of oxime groups is 1. The molecule has 2 saturated carbocycles. The zero-order chi connectivity index (χ0) is 19.6. The largest absolute Gasteiger partial charge is 0.388 e. The van der Waals surface area contributed by atoms with Gasteiger partial charge in [0.1, 0.15) is 23.9 Å². The maximum Gasteiger partial charge on any atom is 0.186 e. The zero-order valence-electron chi connectivity index (χ0n) is 18.0. The van der Waals surface area contributed by atoms with Gasteiger partial charge in [-0.25, -0.2) is 0 Å². The van der Waals surface area contributed by atoms with Crippen molar-refractivity contribution in [3.05, 3.63) is 11.8 Å². The van der Waals surface area contributed by atoms with Crippen LogP contribution in [-0.2, 0) is 9.57 Å². The van der Waals surface area contributed by atoms with E-state index in [0.717, 1.165) is 42.9 Å². The molecule has 0 radical (unpaired) electrons. The van der Waals surface area contributed by atoms with E-state index in [1.54, 1.807) is 0 Å². The molecule has 5 heteroatoms. The number of allylic oxidation sites excluding steroid dienone is 2. The van der Waals surface area contributed by atoms with Crippen molar-refractivity contribution in [2.75, 3.05) is 19.8 Å². The van der Waals surface area contributed by atoms with E-state index in [2.05, 4.69) is 26.8 Å². The van der Waals surface area contributed by atoms with Gasteiger partial charge in [-0.1, -0.05) is 23.6 Å². The van der Waals surface area contributed by atoms with Gasteiger partial charge in [0.15, 0.2) is 5.70 Å². The van der Waals surface area contributed by atoms with Crippen LogP contribution in [0.3, 0.4) is 0 Å². The molecule has 0 saturated heterocycles. The van der Waals surface area contributed by atoms with E-state index in [9.17, 15) is 0 Å². The quantitative estimate of drug-likeness (QED) is 0.599. The minimum atomic E-state index is -0.114. The summed E-state index contributed by atoms with van der Waals surface area (Å²) < 4.78 is 6.44. The molecule has 4 rings (SSSR count). The summed E-state index contributed by atoms with van der Waals surface area (Å²) in [5.41, 5.74) is 2.34. The highest BCUT2D eigenvalue weighted by atomic mass is 16.7. The molecule has 2 heterocycles. The van der Waals surface area contributed by atoms with Crippen molar-refractivity contribution in [1.82, 2.24) is 0 Å². The lowest BCUT2D eigenvalue weighted by molar-refractivity contribution is -0.915. The molecule has 0 amide bonds. The van der Waals surface area contributed by atoms with Gasteiger partial charge in [-0.05, 0) is 57.8 Å². The first kappa shape index (κ1) is 20.1. The second-order valence-corrected chi connectivity index (χ2v) is 9.32. The SMILES string of the molecule is CCOC[C@H]1CC[C@]2(CC(C3=CC=N[N+]3(CC)C3CCCCC3)=NO2)C(C)C1. The van der Waals surface area contributed by atoms with Gasteiger partial charge in [0.25, 0.3) is 0 Å². The summed E-state index contributed by atoms with van der Waals surface area (Å²) in [7, 11) is 0. The standard InChI is InChI=1S/C23H38N3O2/c1-4-26(20-9-7-6-8-10-20)22(12-14-24-26)21-16-23(28-25-21)13-11-19(15-18(23)3)17-27-5-2/h12,14,18-20H,4-11,13,15-17H2,1-3H3/q+1/t18?,19-,23-,26?/m0/s1. The number of quaternary nitrogens is 1. The minimum absolute atomic E-state index is 0.114. The average molecular weight is 389 g/mol. The lowest BCUT2D eigenvalue weighted by Gasteiger charge is -2.41. The third-order valence-corrected chi connectivity index (χ3v) is 7.80. The summed E-state index contributed by atoms with van der Waals surface area (Å²) in [6.45, 7) is 9.41. The van der Waals surface area contributed by atoms with Gasteiger partial charge in [0, 0.05) is 38.6 Å². The fourth-order valence-corrected chi connectivity index (χ4v) is 6.04. The fourth-order valence-electron chi connectivity index (χ4n) is 6.04. The number of nitrogens with zero attached hydrogens (tertiary/aromatic N) is 3. The van der Waals surface area contributed by atoms with Crippen molar-refractivity contribution in [2.45, 2.75) is 90.2 Å². The van der Waals surface area contributed by atoms with Crippen LogP contribution in [0, 0.1) is 11.8 Å². The van der Waals surface area contributed by atoms with Crippen LogP contribution < -0.4 is 0 Å². The van der Waals surface area contributed by atoms with Crippen LogP contribution in [0.5, 0.6) is 0 Å². The van der Waals surface area contributed by atoms with Crippen molar-refractivity contribution < 1.29 is 14.2 Å². The topological polar surface area (TPSA) is 43.2 Å². The van der Waals surface area contributed by atoms with Crippen molar-refractivity contribution in [2.24, 2.45) is 22.1 Å². The maximum atomic E-state index is 6.24. The molecule has 1 spiro atoms. The summed E-state index contributed by atoms with van der Waals surface area (Å²) >= 11 is 0. The predicted molar refractivity (Wildman–Crippen MR) is 113 cm³/mol. The molecule has 0 aromatic carbocycles. The molecule has 5 nitrogen and oxygen atoms in total. The molecule has 156 valence electrons. The molecule has 0 aromatic rings. The van der Waals surface area contributed by atoms with Crippen LogP contribution in [0.15, 0.2) is 22.0 Å². The Morgan fingerprint density at radius 3 is 2.75 bits per heavy atom. The van der Waals surface area contributed by atoms with Crippen LogP contribution >= 0.6 is 0 Å². The highest BCUT2D eigenvalue weighted by molar-refractivity contribution is 6.03. The van der Waals surface area contributed by atoms with Crippen LogP contribution in [0.2, 0.25) is 0 Å². The number of rotatable bonds is 6. The summed E-state index contributed by atoms with van der Waals surface area (Å²) in [4.78, 5) is 6.24. The first-order valence-electron chi connectivity index (χ1n) is 11.6. The number of hydrogen-bond donors (Lipinski definition) is 0. The van der Waals surface area contributed by atoms with E-state index in [1.807, 2.05) is 6.21 Å². The van der Waals surface area contributed by atoms with E-state index in [0.29, 0.717) is 17.9 Å². The van der Waals surface area contributed by atoms with Crippen molar-refractivity contribution >= 4 is 11.9 Å². The van der Waals surface area contributed by atoms with E-state index in [1.165, 1.54) is 50.6 Å². The second kappa shape index (κ2) is 8.27. The molecule has 28 heavy (non-hydrogen) atoms. The van der Waals surface area contributed by atoms with Crippen LogP contribution in [-0.4, -0.2) is 47.9 Å². The van der Waals surface area contributed by atoms with Gasteiger partial charge in [0.2, 0.25) is 0 Å². The molecular formula is C23H38N3O2+. The third kappa shape index (κ3) is 3.45. The van der Waals surface area contributed by atoms with E-state index >= 15 is 0 Å². The van der Waals surface area contributed by atoms with E-state index in [4.69, 9.17) is 19.8 Å². The minimum Gasteiger partial charge on any atom is -0.388 e. The molecule has 2 unspecified atom stereocenters. The van der Waals surface area contributed by atoms with Crippen LogP contribution in [0.25, 0.3) is 0 Å². The van der Waals surface area contributed by atoms with E-state index in [-0.39, 0.29) is 5.60 Å². The molecule has 4 atom stereocenters. The summed E-state index contributed by atoms with van der Waals surface area (Å²) in [5.74, 6) is 1.17. The van der Waals surface area contributed by atoms with Gasteiger partial charge < -0.3 is 9.57 Å². The monoisotopic (exact) mass is 388 g/mol. The first-order valence-corrected chi connectivity index (χ1v) is 11.6. The number of ether oxygens (including phenoxy) is 1. The van der Waals surface area contributed by atoms with E-state index < -0.39 is 0 Å². The Morgan fingerprint density at radius 2 is 2.04 bits per heavy atom. The molecule has 2 fully saturated rings. The lowest BCUT2D eigenvalue weighted by atomic mass is 9.70. The van der Waals surface area contributed by atoms with Gasteiger partial charge in [-0.15, -0.1) is 0 Å². The van der Waals surface area contributed by atoms with Gasteiger partial charge in [0.05, 0.1) is 6.21 Å². The van der Waals surface area contributed by atoms with Crippen molar-refractivity contribution in [3.63, 3.8) is 0 Å². The molecule has 2 aliphatic heterocycles. The summed E-state index contributed by atoms with van der Waals surface area (Å²) in [6, 6.07) is 0.599. The highest BCUT2D eigenvalue weighted by Crippen LogP contribution is 2.47. The molecule has 4 aliphatic rings. The third-order valence-electron chi connectivity index (χ3n) is 7.80. The lowest BCUT2D eigenvalue weighted by Crippen LogP contribution is -2.52. The molecule has 0 N–H and O–H groups in total. The summed E-state index contributed by atoms with van der Waals surface area (Å²) in [5, 5.41) is 9.69. The van der Waals surface area contributed by atoms with Crippen LogP contribution in [0.1, 0.15) is 78.6 Å². The van der Waals surface area contributed by atoms with Crippen LogP contribution in [0.4, 0.5) is 0 Å². The van der Waals surface area contributed by atoms with Gasteiger partial charge in [-0.3, -0.25) is 0 Å². The Hall–Kier alpha value is -1.20. The van der Waals surface area contributed by atoms with Gasteiger partial charge in [-0.2, -0.15) is 4.59 Å². The maximum absolute atomic E-state index is 6.24. The first-order chi connectivity index (χ1) is 13.6. The Balaban J connectivity index is 1.46. The number of hydrogen-bond acceptors (Lipinski definition) is 4. The second-order valence-electron chi connectivity index (χ2n) is 9.32. The zero-order valence-corrected chi connectivity index (χ0v) is 18.0. The molecule has 0 aromatic heterocycles. The fraction of sp³-hybridized carbons (Fsp3) is 0.826. The molecule has 2 aliphatic carbocycles. The molecule has 0 bridgehead atoms. The highest BCUT2D eigenvalue weighted by Gasteiger charge is 2.53. The Kier molecular flexibility index (Phi) is 5.93. The normalized spacial score (nSPS) is 38.5. The van der Waals surface area contributed by atoms with Crippen molar-refractivity contribution in [1.29, 1.82) is 0 Å². The molecular weight excluding hydrogens is 350 g/mol. The summed E-state index contributed by atoms with van der Waals surface area (Å²) in [6.07, 6.45) is 15.2. The van der Waals surface area contributed by atoms with Gasteiger partial charge >= 0.3 is 0 Å². The Morgan fingerprint density at radius 1 is 1.21 bits per heavy atom. The average Bonchev–Trinajstić information content (AvgIpc) is 3.35. The Bertz CT molecular complexity index is 652. The smallest absolute Gasteiger partial charge is 0.186 e. The Labute approximate surface area is 170 Å². The predicted octanol–water partition coefficient (Wildman–Crippen LogP) is 5.03. The van der Waals surface area contributed by atoms with Crippen molar-refractivity contribution in [3.8, 4) is 0 Å².